The van der Waals surface area contributed by atoms with Crippen molar-refractivity contribution in [2.45, 2.75) is 45.8 Å². The predicted molar refractivity (Wildman–Crippen MR) is 96.7 cm³/mol. The largest absolute Gasteiger partial charge is 0.494 e. The molecule has 4 heteroatoms. The molecule has 1 aromatic carbocycles. The quantitative estimate of drug-likeness (QED) is 0.787. The molecule has 0 amide bonds. The maximum absolute atomic E-state index is 6.11. The molecule has 120 valence electrons. The molecule has 0 N–H and O–H groups in total. The summed E-state index contributed by atoms with van der Waals surface area (Å²) in [7, 11) is -0.383. The van der Waals surface area contributed by atoms with Crippen LogP contribution in [0, 0.1) is 0 Å². The maximum Gasteiger partial charge on any atom is 0.494 e. The maximum atomic E-state index is 6.11. The summed E-state index contributed by atoms with van der Waals surface area (Å²) in [4.78, 5) is 0. The molecule has 0 unspecified atom stereocenters. The summed E-state index contributed by atoms with van der Waals surface area (Å²) in [5.74, 6) is 0.782. The molecular formula is C19H23BO3. The van der Waals surface area contributed by atoms with E-state index in [-0.39, 0.29) is 18.3 Å². The van der Waals surface area contributed by atoms with Crippen LogP contribution in [0.1, 0.15) is 45.9 Å². The summed E-state index contributed by atoms with van der Waals surface area (Å²) in [6, 6.07) is 6.10. The van der Waals surface area contributed by atoms with Gasteiger partial charge in [0, 0.05) is 10.9 Å². The molecule has 0 spiro atoms. The standard InChI is InChI=1S/C19H23BO3/c1-7-9-14-15-11-10-13(12-17(15)21-16(14)8-2)20-22-18(3,4)19(5,6)23-20/h7-12H,2H2,1,3-6H3/b9-7-. The third kappa shape index (κ3) is 2.56. The molecular weight excluding hydrogens is 287 g/mol. The fourth-order valence-corrected chi connectivity index (χ4v) is 2.77. The Kier molecular flexibility index (Phi) is 3.78. The normalized spacial score (nSPS) is 19.8. The van der Waals surface area contributed by atoms with Crippen molar-refractivity contribution >= 4 is 35.7 Å². The highest BCUT2D eigenvalue weighted by Gasteiger charge is 2.51. The zero-order valence-corrected chi connectivity index (χ0v) is 14.5. The Morgan fingerprint density at radius 3 is 2.30 bits per heavy atom. The summed E-state index contributed by atoms with van der Waals surface area (Å²) >= 11 is 0. The fraction of sp³-hybridized carbons (Fsp3) is 0.368. The van der Waals surface area contributed by atoms with E-state index >= 15 is 0 Å². The first kappa shape index (κ1) is 16.1. The monoisotopic (exact) mass is 310 g/mol. The van der Waals surface area contributed by atoms with Gasteiger partial charge in [0.05, 0.1) is 11.2 Å². The van der Waals surface area contributed by atoms with Gasteiger partial charge in [0.15, 0.2) is 0 Å². The van der Waals surface area contributed by atoms with Crippen molar-refractivity contribution in [3.63, 3.8) is 0 Å². The van der Waals surface area contributed by atoms with Crippen molar-refractivity contribution < 1.29 is 13.7 Å². The Morgan fingerprint density at radius 1 is 1.09 bits per heavy atom. The molecule has 1 fully saturated rings. The molecule has 0 radical (unpaired) electrons. The third-order valence-electron chi connectivity index (χ3n) is 4.83. The van der Waals surface area contributed by atoms with Crippen LogP contribution in [0.25, 0.3) is 23.1 Å². The van der Waals surface area contributed by atoms with E-state index in [4.69, 9.17) is 13.7 Å². The lowest BCUT2D eigenvalue weighted by Crippen LogP contribution is -2.41. The highest BCUT2D eigenvalue weighted by molar-refractivity contribution is 6.62. The minimum absolute atomic E-state index is 0.349. The van der Waals surface area contributed by atoms with E-state index in [1.807, 2.05) is 31.2 Å². The van der Waals surface area contributed by atoms with Crippen molar-refractivity contribution in [1.29, 1.82) is 0 Å². The zero-order chi connectivity index (χ0) is 16.8. The van der Waals surface area contributed by atoms with Gasteiger partial charge >= 0.3 is 7.12 Å². The lowest BCUT2D eigenvalue weighted by atomic mass is 9.79. The van der Waals surface area contributed by atoms with Gasteiger partial charge in [-0.05, 0) is 52.2 Å². The van der Waals surface area contributed by atoms with Crippen LogP contribution in [0.4, 0.5) is 0 Å². The van der Waals surface area contributed by atoms with Gasteiger partial charge in [-0.3, -0.25) is 0 Å². The average molecular weight is 310 g/mol. The van der Waals surface area contributed by atoms with Gasteiger partial charge in [-0.2, -0.15) is 0 Å². The van der Waals surface area contributed by atoms with Crippen molar-refractivity contribution in [3.8, 4) is 0 Å². The molecule has 1 aliphatic rings. The van der Waals surface area contributed by atoms with Gasteiger partial charge in [-0.25, -0.2) is 0 Å². The molecule has 1 aliphatic heterocycles. The van der Waals surface area contributed by atoms with Gasteiger partial charge in [0.25, 0.3) is 0 Å². The smallest absolute Gasteiger partial charge is 0.456 e. The summed E-state index contributed by atoms with van der Waals surface area (Å²) in [6.07, 6.45) is 5.78. The summed E-state index contributed by atoms with van der Waals surface area (Å²) in [5, 5.41) is 1.07. The van der Waals surface area contributed by atoms with Crippen molar-refractivity contribution in [1.82, 2.24) is 0 Å². The van der Waals surface area contributed by atoms with Gasteiger partial charge in [-0.1, -0.05) is 30.9 Å². The zero-order valence-electron chi connectivity index (χ0n) is 14.5. The Morgan fingerprint density at radius 2 is 1.74 bits per heavy atom. The lowest BCUT2D eigenvalue weighted by molar-refractivity contribution is 0.00578. The van der Waals surface area contributed by atoms with E-state index in [1.165, 1.54) is 0 Å². The molecule has 1 saturated heterocycles. The van der Waals surface area contributed by atoms with Crippen LogP contribution in [0.2, 0.25) is 0 Å². The molecule has 0 bridgehead atoms. The van der Waals surface area contributed by atoms with E-state index in [1.54, 1.807) is 6.08 Å². The van der Waals surface area contributed by atoms with Crippen LogP contribution < -0.4 is 5.46 Å². The minimum Gasteiger partial charge on any atom is -0.456 e. The van der Waals surface area contributed by atoms with E-state index in [0.717, 1.165) is 27.8 Å². The topological polar surface area (TPSA) is 31.6 Å². The van der Waals surface area contributed by atoms with Crippen LogP contribution in [-0.2, 0) is 9.31 Å². The summed E-state index contributed by atoms with van der Waals surface area (Å²) < 4.78 is 18.1. The van der Waals surface area contributed by atoms with Gasteiger partial charge in [0.2, 0.25) is 0 Å². The average Bonchev–Trinajstić information content (AvgIpc) is 2.93. The van der Waals surface area contributed by atoms with Crippen LogP contribution in [0.3, 0.4) is 0 Å². The van der Waals surface area contributed by atoms with Gasteiger partial charge in [-0.15, -0.1) is 0 Å². The number of rotatable bonds is 3. The highest BCUT2D eigenvalue weighted by Crippen LogP contribution is 2.37. The first-order valence-corrected chi connectivity index (χ1v) is 7.96. The van der Waals surface area contributed by atoms with E-state index in [0.29, 0.717) is 0 Å². The first-order valence-electron chi connectivity index (χ1n) is 7.96. The van der Waals surface area contributed by atoms with Crippen LogP contribution in [-0.4, -0.2) is 18.3 Å². The number of allylic oxidation sites excluding steroid dienone is 1. The lowest BCUT2D eigenvalue weighted by Gasteiger charge is -2.32. The Balaban J connectivity index is 2.04. The summed E-state index contributed by atoms with van der Waals surface area (Å²) in [6.45, 7) is 14.0. The number of benzene rings is 1. The molecule has 2 heterocycles. The molecule has 2 aromatic rings. The van der Waals surface area contributed by atoms with E-state index in [2.05, 4.69) is 40.3 Å². The van der Waals surface area contributed by atoms with E-state index in [9.17, 15) is 0 Å². The van der Waals surface area contributed by atoms with Crippen molar-refractivity contribution in [2.24, 2.45) is 0 Å². The molecule has 0 saturated carbocycles. The second-order valence-corrected chi connectivity index (χ2v) is 6.93. The summed E-state index contributed by atoms with van der Waals surface area (Å²) in [5.41, 5.74) is 2.14. The molecule has 0 atom stereocenters. The molecule has 3 rings (SSSR count). The molecule has 23 heavy (non-hydrogen) atoms. The number of hydrogen-bond donors (Lipinski definition) is 0. The minimum atomic E-state index is -0.383. The second kappa shape index (κ2) is 5.39. The van der Waals surface area contributed by atoms with Crippen molar-refractivity contribution in [3.05, 3.63) is 42.2 Å². The molecule has 3 nitrogen and oxygen atoms in total. The van der Waals surface area contributed by atoms with Gasteiger partial charge < -0.3 is 13.7 Å². The Bertz CT molecular complexity index is 767. The Hall–Kier alpha value is -1.78. The highest BCUT2D eigenvalue weighted by atomic mass is 16.7. The predicted octanol–water partition coefficient (Wildman–Crippen LogP) is 4.41. The van der Waals surface area contributed by atoms with Crippen LogP contribution in [0.15, 0.2) is 35.3 Å². The number of hydrogen-bond acceptors (Lipinski definition) is 3. The number of fused-ring (bicyclic) bond motifs is 1. The second-order valence-electron chi connectivity index (χ2n) is 6.93. The first-order chi connectivity index (χ1) is 10.8. The number of furan rings is 1. The van der Waals surface area contributed by atoms with Crippen LogP contribution >= 0.6 is 0 Å². The van der Waals surface area contributed by atoms with Crippen LogP contribution in [0.5, 0.6) is 0 Å². The molecule has 0 aliphatic carbocycles. The molecule has 1 aromatic heterocycles. The third-order valence-corrected chi connectivity index (χ3v) is 4.83. The van der Waals surface area contributed by atoms with E-state index < -0.39 is 0 Å². The van der Waals surface area contributed by atoms with Crippen molar-refractivity contribution in [2.75, 3.05) is 0 Å². The SMILES string of the molecule is C=Cc1oc2cc(B3OC(C)(C)C(C)(C)O3)ccc2c1/C=C\C. The Labute approximate surface area is 138 Å². The fourth-order valence-electron chi connectivity index (χ4n) is 2.77. The van der Waals surface area contributed by atoms with Gasteiger partial charge in [0.1, 0.15) is 11.3 Å².